The Morgan fingerprint density at radius 3 is 2.36 bits per heavy atom. The number of likely N-dealkylation sites (N-methyl/N-ethyl adjacent to an activating group) is 1. The molecule has 0 amide bonds. The number of ketones is 2. The molecule has 4 heteroatoms. The van der Waals surface area contributed by atoms with Crippen LogP contribution in [0.15, 0.2) is 23.4 Å². The smallest absolute Gasteiger partial charge is 0.191 e. The lowest BCUT2D eigenvalue weighted by Gasteiger charge is -2.12. The molecule has 0 radical (unpaired) electrons. The number of allylic oxidation sites excluding steroid dienone is 3. The third-order valence-corrected chi connectivity index (χ3v) is 2.51. The van der Waals surface area contributed by atoms with E-state index in [-0.39, 0.29) is 16.6 Å². The van der Waals surface area contributed by atoms with Gasteiger partial charge in [-0.15, -0.1) is 6.58 Å². The lowest BCUT2D eigenvalue weighted by atomic mass is 10.0. The summed E-state index contributed by atoms with van der Waals surface area (Å²) >= 11 is 5.78. The van der Waals surface area contributed by atoms with Crippen molar-refractivity contribution in [1.29, 1.82) is 0 Å². The summed E-state index contributed by atoms with van der Waals surface area (Å²) in [7, 11) is 3.39. The van der Waals surface area contributed by atoms with Crippen LogP contribution in [0.2, 0.25) is 0 Å². The second kappa shape index (κ2) is 3.96. The fourth-order valence-corrected chi connectivity index (χ4v) is 1.85. The maximum atomic E-state index is 11.7. The van der Waals surface area contributed by atoms with Crippen LogP contribution in [0.25, 0.3) is 0 Å². The van der Waals surface area contributed by atoms with Gasteiger partial charge in [0.2, 0.25) is 0 Å². The molecule has 1 aliphatic rings. The van der Waals surface area contributed by atoms with Crippen LogP contribution in [0.1, 0.15) is 6.42 Å². The van der Waals surface area contributed by atoms with Gasteiger partial charge in [-0.1, -0.05) is 17.7 Å². The zero-order valence-electron chi connectivity index (χ0n) is 8.21. The number of Topliss-reactive ketones (excluding diaryl/α,β-unsaturated/α-hetero) is 2. The Balaban J connectivity index is 3.04. The van der Waals surface area contributed by atoms with E-state index in [0.29, 0.717) is 12.1 Å². The Kier molecular flexibility index (Phi) is 3.11. The molecule has 14 heavy (non-hydrogen) atoms. The molecule has 0 aromatic carbocycles. The molecule has 1 rings (SSSR count). The lowest BCUT2D eigenvalue weighted by molar-refractivity contribution is -0.126. The van der Waals surface area contributed by atoms with Crippen LogP contribution in [0.3, 0.4) is 0 Å². The summed E-state index contributed by atoms with van der Waals surface area (Å²) in [5, 5.41) is 0.0480. The summed E-state index contributed by atoms with van der Waals surface area (Å²) < 4.78 is 0. The molecule has 0 aromatic rings. The Morgan fingerprint density at radius 2 is 2.00 bits per heavy atom. The monoisotopic (exact) mass is 213 g/mol. The first-order valence-corrected chi connectivity index (χ1v) is 4.65. The van der Waals surface area contributed by atoms with Gasteiger partial charge in [0.15, 0.2) is 11.6 Å². The SMILES string of the molecule is C=CCC1C(=O)C(Cl)=C(N(C)C)C1=O. The third kappa shape index (κ3) is 1.60. The van der Waals surface area contributed by atoms with E-state index in [4.69, 9.17) is 11.6 Å². The first kappa shape index (κ1) is 11.0. The summed E-state index contributed by atoms with van der Waals surface area (Å²) in [5.74, 6) is -1.15. The molecule has 1 aliphatic carbocycles. The summed E-state index contributed by atoms with van der Waals surface area (Å²) in [5.41, 5.74) is 0.309. The highest BCUT2D eigenvalue weighted by Gasteiger charge is 2.40. The Hall–Kier alpha value is -1.09. The molecule has 0 bridgehead atoms. The number of nitrogens with zero attached hydrogens (tertiary/aromatic N) is 1. The van der Waals surface area contributed by atoms with Gasteiger partial charge in [-0.25, -0.2) is 0 Å². The largest absolute Gasteiger partial charge is 0.373 e. The minimum atomic E-state index is -0.655. The van der Waals surface area contributed by atoms with Gasteiger partial charge in [-0.3, -0.25) is 9.59 Å². The minimum absolute atomic E-state index is 0.0480. The standard InChI is InChI=1S/C10H12ClNO2/c1-4-5-6-9(13)7(11)8(10(6)14)12(2)3/h4,6H,1,5H2,2-3H3. The van der Waals surface area contributed by atoms with E-state index in [1.54, 1.807) is 25.1 Å². The fraction of sp³-hybridized carbons (Fsp3) is 0.400. The van der Waals surface area contributed by atoms with Crippen molar-refractivity contribution in [3.63, 3.8) is 0 Å². The Bertz CT molecular complexity index is 331. The number of carbonyl (C=O) groups is 2. The van der Waals surface area contributed by atoms with Crippen molar-refractivity contribution < 1.29 is 9.59 Å². The van der Waals surface area contributed by atoms with Crippen molar-refractivity contribution in [1.82, 2.24) is 4.90 Å². The van der Waals surface area contributed by atoms with Crippen molar-refractivity contribution >= 4 is 23.2 Å². The Labute approximate surface area is 88.0 Å². The van der Waals surface area contributed by atoms with Gasteiger partial charge in [0.25, 0.3) is 0 Å². The topological polar surface area (TPSA) is 37.4 Å². The predicted molar refractivity (Wildman–Crippen MR) is 54.9 cm³/mol. The van der Waals surface area contributed by atoms with Gasteiger partial charge in [0.05, 0.1) is 5.92 Å². The van der Waals surface area contributed by atoms with Crippen LogP contribution >= 0.6 is 11.6 Å². The first-order valence-electron chi connectivity index (χ1n) is 4.27. The van der Waals surface area contributed by atoms with Crippen LogP contribution in [0.4, 0.5) is 0 Å². The van der Waals surface area contributed by atoms with E-state index in [1.807, 2.05) is 0 Å². The Morgan fingerprint density at radius 1 is 1.43 bits per heavy atom. The second-order valence-electron chi connectivity index (χ2n) is 3.36. The first-order chi connectivity index (χ1) is 6.50. The van der Waals surface area contributed by atoms with Gasteiger partial charge in [-0.05, 0) is 6.42 Å². The lowest BCUT2D eigenvalue weighted by Crippen LogP contribution is -2.22. The average molecular weight is 214 g/mol. The van der Waals surface area contributed by atoms with Crippen LogP contribution in [0, 0.1) is 5.92 Å². The van der Waals surface area contributed by atoms with Crippen molar-refractivity contribution in [3.8, 4) is 0 Å². The van der Waals surface area contributed by atoms with Crippen LogP contribution in [-0.4, -0.2) is 30.6 Å². The molecule has 0 spiro atoms. The third-order valence-electron chi connectivity index (χ3n) is 2.14. The molecular weight excluding hydrogens is 202 g/mol. The number of hydrogen-bond donors (Lipinski definition) is 0. The van der Waals surface area contributed by atoms with Crippen molar-refractivity contribution in [3.05, 3.63) is 23.4 Å². The second-order valence-corrected chi connectivity index (χ2v) is 3.74. The number of rotatable bonds is 3. The minimum Gasteiger partial charge on any atom is -0.373 e. The maximum Gasteiger partial charge on any atom is 0.191 e. The molecular formula is C10H12ClNO2. The molecule has 0 saturated heterocycles. The highest BCUT2D eigenvalue weighted by Crippen LogP contribution is 2.30. The van der Waals surface area contributed by atoms with Crippen molar-refractivity contribution in [2.24, 2.45) is 5.92 Å². The molecule has 0 N–H and O–H groups in total. The molecule has 1 unspecified atom stereocenters. The van der Waals surface area contributed by atoms with E-state index < -0.39 is 5.92 Å². The maximum absolute atomic E-state index is 11.7. The van der Waals surface area contributed by atoms with E-state index in [1.165, 1.54) is 0 Å². The van der Waals surface area contributed by atoms with E-state index in [9.17, 15) is 9.59 Å². The number of hydrogen-bond acceptors (Lipinski definition) is 3. The predicted octanol–water partition coefficient (Wildman–Crippen LogP) is 1.34. The number of halogens is 1. The highest BCUT2D eigenvalue weighted by atomic mass is 35.5. The van der Waals surface area contributed by atoms with Crippen molar-refractivity contribution in [2.75, 3.05) is 14.1 Å². The molecule has 0 aromatic heterocycles. The van der Waals surface area contributed by atoms with Gasteiger partial charge in [0, 0.05) is 14.1 Å². The van der Waals surface area contributed by atoms with Crippen molar-refractivity contribution in [2.45, 2.75) is 6.42 Å². The average Bonchev–Trinajstić information content (AvgIpc) is 2.30. The molecule has 0 fully saturated rings. The quantitative estimate of drug-likeness (QED) is 0.525. The molecule has 0 saturated carbocycles. The van der Waals surface area contributed by atoms with Gasteiger partial charge in [0.1, 0.15) is 10.7 Å². The summed E-state index contributed by atoms with van der Waals surface area (Å²) in [6.45, 7) is 3.51. The van der Waals surface area contributed by atoms with E-state index in [0.717, 1.165) is 0 Å². The van der Waals surface area contributed by atoms with Crippen LogP contribution < -0.4 is 0 Å². The molecule has 0 aliphatic heterocycles. The van der Waals surface area contributed by atoms with E-state index in [2.05, 4.69) is 6.58 Å². The molecule has 76 valence electrons. The molecule has 1 atom stereocenters. The zero-order chi connectivity index (χ0) is 10.9. The van der Waals surface area contributed by atoms with Crippen LogP contribution in [0.5, 0.6) is 0 Å². The van der Waals surface area contributed by atoms with Crippen LogP contribution in [-0.2, 0) is 9.59 Å². The van der Waals surface area contributed by atoms with Gasteiger partial charge < -0.3 is 4.90 Å². The normalized spacial score (nSPS) is 21.8. The zero-order valence-corrected chi connectivity index (χ0v) is 8.97. The molecule has 3 nitrogen and oxygen atoms in total. The van der Waals surface area contributed by atoms with Gasteiger partial charge >= 0.3 is 0 Å². The highest BCUT2D eigenvalue weighted by molar-refractivity contribution is 6.49. The van der Waals surface area contributed by atoms with E-state index >= 15 is 0 Å². The summed E-state index contributed by atoms with van der Waals surface area (Å²) in [6.07, 6.45) is 1.91. The fourth-order valence-electron chi connectivity index (χ4n) is 1.46. The number of carbonyl (C=O) groups excluding carboxylic acids is 2. The summed E-state index contributed by atoms with van der Waals surface area (Å²) in [4.78, 5) is 24.8. The summed E-state index contributed by atoms with van der Waals surface area (Å²) in [6, 6.07) is 0. The van der Waals surface area contributed by atoms with Gasteiger partial charge in [-0.2, -0.15) is 0 Å². The molecule has 0 heterocycles.